The highest BCUT2D eigenvalue weighted by Gasteiger charge is 2.55. The monoisotopic (exact) mass is 213 g/mol. The molecule has 1 aromatic heterocycles. The molecule has 0 bridgehead atoms. The van der Waals surface area contributed by atoms with Gasteiger partial charge in [0.2, 0.25) is 0 Å². The fourth-order valence-corrected chi connectivity index (χ4v) is 1.62. The maximum absolute atomic E-state index is 13.8. The van der Waals surface area contributed by atoms with E-state index in [0.717, 1.165) is 0 Å². The fraction of sp³-hybridized carbons (Fsp3) is 0.556. The van der Waals surface area contributed by atoms with E-state index in [4.69, 9.17) is 10.8 Å². The number of nitrogens with zero attached hydrogens (tertiary/aromatic N) is 2. The van der Waals surface area contributed by atoms with Gasteiger partial charge in [-0.2, -0.15) is 4.98 Å². The van der Waals surface area contributed by atoms with Crippen LogP contribution in [0, 0.1) is 5.92 Å². The number of rotatable bonds is 3. The van der Waals surface area contributed by atoms with Gasteiger partial charge in [-0.3, -0.25) is 4.57 Å². The topological polar surface area (TPSA) is 81.1 Å². The van der Waals surface area contributed by atoms with Crippen LogP contribution in [0.15, 0.2) is 17.1 Å². The Balaban J connectivity index is 2.16. The summed E-state index contributed by atoms with van der Waals surface area (Å²) < 4.78 is 14.9. The first-order valence-corrected chi connectivity index (χ1v) is 4.68. The van der Waals surface area contributed by atoms with E-state index in [2.05, 4.69) is 4.98 Å². The molecule has 0 aliphatic heterocycles. The van der Waals surface area contributed by atoms with Gasteiger partial charge in [-0.1, -0.05) is 0 Å². The molecule has 0 aromatic carbocycles. The van der Waals surface area contributed by atoms with Crippen molar-refractivity contribution >= 4 is 5.82 Å². The first kappa shape index (κ1) is 10.1. The number of nitrogens with two attached hydrogens (primary N) is 1. The highest BCUT2D eigenvalue weighted by Crippen LogP contribution is 2.47. The van der Waals surface area contributed by atoms with E-state index in [1.165, 1.54) is 16.8 Å². The second kappa shape index (κ2) is 3.30. The lowest BCUT2D eigenvalue weighted by atomic mass is 10.3. The molecule has 1 saturated carbocycles. The van der Waals surface area contributed by atoms with Crippen LogP contribution in [0.4, 0.5) is 10.2 Å². The molecule has 1 aromatic rings. The van der Waals surface area contributed by atoms with Crippen LogP contribution in [-0.2, 0) is 6.54 Å². The third-order valence-electron chi connectivity index (χ3n) is 2.71. The minimum atomic E-state index is -1.46. The summed E-state index contributed by atoms with van der Waals surface area (Å²) >= 11 is 0. The Hall–Kier alpha value is -1.43. The molecule has 2 rings (SSSR count). The quantitative estimate of drug-likeness (QED) is 0.712. The lowest BCUT2D eigenvalue weighted by Crippen LogP contribution is -2.28. The van der Waals surface area contributed by atoms with E-state index >= 15 is 0 Å². The number of aliphatic hydroxyl groups is 1. The Bertz CT molecular complexity index is 434. The molecule has 0 amide bonds. The molecule has 2 atom stereocenters. The highest BCUT2D eigenvalue weighted by atomic mass is 19.1. The van der Waals surface area contributed by atoms with Crippen LogP contribution in [0.25, 0.3) is 0 Å². The number of hydrogen-bond donors (Lipinski definition) is 2. The highest BCUT2D eigenvalue weighted by molar-refractivity contribution is 5.23. The molecule has 0 spiro atoms. The Morgan fingerprint density at radius 3 is 3.07 bits per heavy atom. The van der Waals surface area contributed by atoms with Crippen molar-refractivity contribution in [3.8, 4) is 0 Å². The Morgan fingerprint density at radius 2 is 2.53 bits per heavy atom. The number of halogens is 1. The van der Waals surface area contributed by atoms with E-state index in [9.17, 15) is 9.18 Å². The van der Waals surface area contributed by atoms with Crippen molar-refractivity contribution in [2.24, 2.45) is 5.92 Å². The van der Waals surface area contributed by atoms with Crippen LogP contribution < -0.4 is 11.4 Å². The van der Waals surface area contributed by atoms with Gasteiger partial charge in [-0.15, -0.1) is 0 Å². The first-order chi connectivity index (χ1) is 7.05. The molecule has 6 heteroatoms. The molecular formula is C9H12FN3O2. The van der Waals surface area contributed by atoms with Gasteiger partial charge in [0.25, 0.3) is 0 Å². The molecule has 1 aliphatic carbocycles. The molecule has 1 aliphatic rings. The van der Waals surface area contributed by atoms with E-state index in [0.29, 0.717) is 6.42 Å². The number of anilines is 1. The molecular weight excluding hydrogens is 201 g/mol. The molecule has 1 fully saturated rings. The Kier molecular flexibility index (Phi) is 2.22. The molecule has 5 nitrogen and oxygen atoms in total. The average molecular weight is 213 g/mol. The first-order valence-electron chi connectivity index (χ1n) is 4.68. The van der Waals surface area contributed by atoms with Crippen LogP contribution in [0.1, 0.15) is 6.42 Å². The van der Waals surface area contributed by atoms with Gasteiger partial charge in [0, 0.05) is 18.7 Å². The normalized spacial score (nSPS) is 29.1. The third-order valence-corrected chi connectivity index (χ3v) is 2.71. The van der Waals surface area contributed by atoms with Crippen LogP contribution in [0.3, 0.4) is 0 Å². The smallest absolute Gasteiger partial charge is 0.349 e. The van der Waals surface area contributed by atoms with Gasteiger partial charge in [-0.05, 0) is 12.5 Å². The zero-order chi connectivity index (χ0) is 11.1. The second-order valence-corrected chi connectivity index (χ2v) is 3.88. The SMILES string of the molecule is Nc1ccn(C[C@@]2(F)C[C@H]2CO)c(=O)n1. The number of aliphatic hydroxyl groups excluding tert-OH is 1. The van der Waals surface area contributed by atoms with Crippen molar-refractivity contribution in [3.05, 3.63) is 22.7 Å². The maximum atomic E-state index is 13.8. The van der Waals surface area contributed by atoms with Gasteiger partial charge in [0.15, 0.2) is 0 Å². The predicted octanol–water partition coefficient (Wildman–Crippen LogP) is -0.454. The Morgan fingerprint density at radius 1 is 1.80 bits per heavy atom. The van der Waals surface area contributed by atoms with Crippen LogP contribution >= 0.6 is 0 Å². The third kappa shape index (κ3) is 1.85. The van der Waals surface area contributed by atoms with Crippen molar-refractivity contribution in [1.82, 2.24) is 9.55 Å². The Labute approximate surface area is 85.4 Å². The maximum Gasteiger partial charge on any atom is 0.349 e. The zero-order valence-corrected chi connectivity index (χ0v) is 8.06. The molecule has 82 valence electrons. The van der Waals surface area contributed by atoms with Gasteiger partial charge >= 0.3 is 5.69 Å². The number of aromatic nitrogens is 2. The zero-order valence-electron chi connectivity index (χ0n) is 8.06. The minimum Gasteiger partial charge on any atom is -0.396 e. The number of hydrogen-bond acceptors (Lipinski definition) is 4. The van der Waals surface area contributed by atoms with Crippen LogP contribution in [0.2, 0.25) is 0 Å². The van der Waals surface area contributed by atoms with Gasteiger partial charge in [0.05, 0.1) is 6.54 Å². The number of nitrogen functional groups attached to an aromatic ring is 1. The standard InChI is InChI=1S/C9H12FN3O2/c10-9(3-6(9)4-14)5-13-2-1-7(11)12-8(13)15/h1-2,6,14H,3-5H2,(H2,11,12,15)/t6-,9-/m0/s1. The van der Waals surface area contributed by atoms with Crippen LogP contribution in [-0.4, -0.2) is 26.9 Å². The predicted molar refractivity (Wildman–Crippen MR) is 51.9 cm³/mol. The van der Waals surface area contributed by atoms with E-state index in [-0.39, 0.29) is 24.9 Å². The van der Waals surface area contributed by atoms with Gasteiger partial charge < -0.3 is 10.8 Å². The van der Waals surface area contributed by atoms with Gasteiger partial charge in [0.1, 0.15) is 11.5 Å². The summed E-state index contributed by atoms with van der Waals surface area (Å²) in [7, 11) is 0. The molecule has 0 unspecified atom stereocenters. The average Bonchev–Trinajstić information content (AvgIpc) is 2.82. The van der Waals surface area contributed by atoms with Crippen molar-refractivity contribution < 1.29 is 9.50 Å². The largest absolute Gasteiger partial charge is 0.396 e. The van der Waals surface area contributed by atoms with Crippen molar-refractivity contribution in [1.29, 1.82) is 0 Å². The molecule has 15 heavy (non-hydrogen) atoms. The fourth-order valence-electron chi connectivity index (χ4n) is 1.62. The van der Waals surface area contributed by atoms with Crippen molar-refractivity contribution in [2.45, 2.75) is 18.6 Å². The van der Waals surface area contributed by atoms with Gasteiger partial charge in [-0.25, -0.2) is 9.18 Å². The van der Waals surface area contributed by atoms with E-state index in [1.54, 1.807) is 0 Å². The summed E-state index contributed by atoms with van der Waals surface area (Å²) in [6.07, 6.45) is 1.71. The summed E-state index contributed by atoms with van der Waals surface area (Å²) in [5.41, 5.74) is 3.28. The van der Waals surface area contributed by atoms with E-state index < -0.39 is 11.4 Å². The summed E-state index contributed by atoms with van der Waals surface area (Å²) in [4.78, 5) is 14.8. The second-order valence-electron chi connectivity index (χ2n) is 3.88. The van der Waals surface area contributed by atoms with Crippen LogP contribution in [0.5, 0.6) is 0 Å². The number of alkyl halides is 1. The molecule has 0 radical (unpaired) electrons. The van der Waals surface area contributed by atoms with Crippen molar-refractivity contribution in [2.75, 3.05) is 12.3 Å². The molecule has 3 N–H and O–H groups in total. The lowest BCUT2D eigenvalue weighted by Gasteiger charge is -2.09. The van der Waals surface area contributed by atoms with Crippen molar-refractivity contribution in [3.63, 3.8) is 0 Å². The molecule has 1 heterocycles. The summed E-state index contributed by atoms with van der Waals surface area (Å²) in [5, 5.41) is 8.77. The summed E-state index contributed by atoms with van der Waals surface area (Å²) in [6, 6.07) is 1.45. The lowest BCUT2D eigenvalue weighted by molar-refractivity contribution is 0.192. The minimum absolute atomic E-state index is 0.0651. The summed E-state index contributed by atoms with van der Waals surface area (Å²) in [6.45, 7) is -0.252. The molecule has 0 saturated heterocycles. The summed E-state index contributed by atoms with van der Waals surface area (Å²) in [5.74, 6) is -0.236. The van der Waals surface area contributed by atoms with E-state index in [1.807, 2.05) is 0 Å².